The van der Waals surface area contributed by atoms with Gasteiger partial charge < -0.3 is 10.6 Å². The van der Waals surface area contributed by atoms with Gasteiger partial charge in [-0.3, -0.25) is 5.10 Å². The Kier molecular flexibility index (Phi) is 2.93. The third kappa shape index (κ3) is 2.38. The van der Waals surface area contributed by atoms with E-state index in [2.05, 4.69) is 41.9 Å². The van der Waals surface area contributed by atoms with Crippen molar-refractivity contribution in [1.29, 1.82) is 0 Å². The number of hydrogen-bond acceptors (Lipinski definition) is 3. The van der Waals surface area contributed by atoms with E-state index < -0.39 is 0 Å². The van der Waals surface area contributed by atoms with Crippen molar-refractivity contribution in [1.82, 2.24) is 10.2 Å². The van der Waals surface area contributed by atoms with Gasteiger partial charge in [-0.2, -0.15) is 5.10 Å². The van der Waals surface area contributed by atoms with Gasteiger partial charge in [0.15, 0.2) is 5.82 Å². The number of nitrogens with two attached hydrogens (primary N) is 1. The van der Waals surface area contributed by atoms with Crippen molar-refractivity contribution >= 4 is 5.82 Å². The molecule has 1 saturated heterocycles. The number of piperidine rings is 1. The second kappa shape index (κ2) is 4.09. The van der Waals surface area contributed by atoms with Crippen LogP contribution < -0.4 is 10.6 Å². The van der Waals surface area contributed by atoms with Gasteiger partial charge in [-0.25, -0.2) is 0 Å². The summed E-state index contributed by atoms with van der Waals surface area (Å²) >= 11 is 0. The standard InChI is InChI=1S/C12H22N4/c1-12(2,3)10-7-11(15-14-10)16-6-4-5-9(13)8-16/h7,9H,4-6,8,13H2,1-3H3,(H,14,15)/t9-/m0/s1. The Balaban J connectivity index is 2.12. The topological polar surface area (TPSA) is 57.9 Å². The quantitative estimate of drug-likeness (QED) is 0.759. The molecule has 0 aromatic carbocycles. The largest absolute Gasteiger partial charge is 0.354 e. The number of aromatic nitrogens is 2. The maximum Gasteiger partial charge on any atom is 0.150 e. The smallest absolute Gasteiger partial charge is 0.150 e. The van der Waals surface area contributed by atoms with Crippen LogP contribution in [0, 0.1) is 0 Å². The van der Waals surface area contributed by atoms with Crippen molar-refractivity contribution in [3.8, 4) is 0 Å². The van der Waals surface area contributed by atoms with Crippen molar-refractivity contribution in [2.45, 2.75) is 45.1 Å². The van der Waals surface area contributed by atoms with E-state index in [1.807, 2.05) is 0 Å². The van der Waals surface area contributed by atoms with Crippen molar-refractivity contribution in [3.05, 3.63) is 11.8 Å². The zero-order valence-corrected chi connectivity index (χ0v) is 10.5. The average molecular weight is 222 g/mol. The molecule has 0 amide bonds. The molecule has 0 unspecified atom stereocenters. The van der Waals surface area contributed by atoms with Gasteiger partial charge in [0.05, 0.1) is 0 Å². The first-order valence-electron chi connectivity index (χ1n) is 6.03. The predicted octanol–water partition coefficient (Wildman–Crippen LogP) is 1.63. The molecule has 0 aliphatic carbocycles. The first kappa shape index (κ1) is 11.5. The molecule has 2 rings (SSSR count). The van der Waals surface area contributed by atoms with Gasteiger partial charge in [-0.05, 0) is 12.8 Å². The summed E-state index contributed by atoms with van der Waals surface area (Å²) in [6.07, 6.45) is 2.30. The molecule has 4 nitrogen and oxygen atoms in total. The highest BCUT2D eigenvalue weighted by molar-refractivity contribution is 5.41. The Labute approximate surface area is 97.2 Å². The Morgan fingerprint density at radius 2 is 2.25 bits per heavy atom. The van der Waals surface area contributed by atoms with Crippen molar-refractivity contribution in [3.63, 3.8) is 0 Å². The number of aromatic amines is 1. The Morgan fingerprint density at radius 1 is 1.50 bits per heavy atom. The summed E-state index contributed by atoms with van der Waals surface area (Å²) in [7, 11) is 0. The molecule has 1 atom stereocenters. The summed E-state index contributed by atoms with van der Waals surface area (Å²) < 4.78 is 0. The van der Waals surface area contributed by atoms with Gasteiger partial charge in [0.25, 0.3) is 0 Å². The molecule has 1 fully saturated rings. The number of nitrogens with one attached hydrogen (secondary N) is 1. The molecular formula is C12H22N4. The van der Waals surface area contributed by atoms with Crippen molar-refractivity contribution in [2.75, 3.05) is 18.0 Å². The highest BCUT2D eigenvalue weighted by atomic mass is 15.3. The Bertz CT molecular complexity index is 350. The molecule has 0 bridgehead atoms. The van der Waals surface area contributed by atoms with E-state index in [1.54, 1.807) is 0 Å². The minimum Gasteiger partial charge on any atom is -0.354 e. The molecule has 90 valence electrons. The van der Waals surface area contributed by atoms with E-state index in [-0.39, 0.29) is 5.41 Å². The summed E-state index contributed by atoms with van der Waals surface area (Å²) in [6.45, 7) is 8.56. The van der Waals surface area contributed by atoms with Gasteiger partial charge >= 0.3 is 0 Å². The molecule has 1 aromatic heterocycles. The SMILES string of the molecule is CC(C)(C)c1cc(N2CCC[C@H](N)C2)n[nH]1. The molecule has 0 saturated carbocycles. The molecular weight excluding hydrogens is 200 g/mol. The number of H-pyrrole nitrogens is 1. The lowest BCUT2D eigenvalue weighted by atomic mass is 9.92. The molecule has 0 spiro atoms. The molecule has 1 aromatic rings. The van der Waals surface area contributed by atoms with Crippen LogP contribution in [0.1, 0.15) is 39.3 Å². The second-order valence-corrected chi connectivity index (χ2v) is 5.74. The summed E-state index contributed by atoms with van der Waals surface area (Å²) in [5.41, 5.74) is 7.29. The zero-order chi connectivity index (χ0) is 11.8. The van der Waals surface area contributed by atoms with Crippen LogP contribution in [0.5, 0.6) is 0 Å². The zero-order valence-electron chi connectivity index (χ0n) is 10.5. The maximum atomic E-state index is 5.98. The first-order chi connectivity index (χ1) is 7.47. The summed E-state index contributed by atoms with van der Waals surface area (Å²) in [4.78, 5) is 2.28. The second-order valence-electron chi connectivity index (χ2n) is 5.74. The predicted molar refractivity (Wildman–Crippen MR) is 66.7 cm³/mol. The lowest BCUT2D eigenvalue weighted by Gasteiger charge is -2.30. The number of anilines is 1. The highest BCUT2D eigenvalue weighted by Crippen LogP contribution is 2.25. The van der Waals surface area contributed by atoms with E-state index in [4.69, 9.17) is 5.73 Å². The third-order valence-electron chi connectivity index (χ3n) is 3.15. The molecule has 3 N–H and O–H groups in total. The highest BCUT2D eigenvalue weighted by Gasteiger charge is 2.22. The van der Waals surface area contributed by atoms with Crippen molar-refractivity contribution < 1.29 is 0 Å². The summed E-state index contributed by atoms with van der Waals surface area (Å²) in [5, 5.41) is 7.51. The number of hydrogen-bond donors (Lipinski definition) is 2. The molecule has 4 heteroatoms. The molecule has 0 radical (unpaired) electrons. The van der Waals surface area contributed by atoms with E-state index in [0.29, 0.717) is 6.04 Å². The lowest BCUT2D eigenvalue weighted by Crippen LogP contribution is -2.43. The fourth-order valence-electron chi connectivity index (χ4n) is 2.08. The van der Waals surface area contributed by atoms with Gasteiger partial charge in [0.2, 0.25) is 0 Å². The van der Waals surface area contributed by atoms with Crippen LogP contribution in [0.2, 0.25) is 0 Å². The first-order valence-corrected chi connectivity index (χ1v) is 6.03. The van der Waals surface area contributed by atoms with Gasteiger partial charge in [0.1, 0.15) is 0 Å². The maximum absolute atomic E-state index is 5.98. The Morgan fingerprint density at radius 3 is 2.81 bits per heavy atom. The fraction of sp³-hybridized carbons (Fsp3) is 0.750. The van der Waals surface area contributed by atoms with Gasteiger partial charge in [-0.15, -0.1) is 0 Å². The van der Waals surface area contributed by atoms with Crippen LogP contribution in [0.3, 0.4) is 0 Å². The van der Waals surface area contributed by atoms with Crippen LogP contribution in [-0.4, -0.2) is 29.3 Å². The van der Waals surface area contributed by atoms with Crippen molar-refractivity contribution in [2.24, 2.45) is 5.73 Å². The van der Waals surface area contributed by atoms with E-state index in [1.165, 1.54) is 12.1 Å². The van der Waals surface area contributed by atoms with Crippen LogP contribution in [0.15, 0.2) is 6.07 Å². The van der Waals surface area contributed by atoms with E-state index in [0.717, 1.165) is 25.3 Å². The number of rotatable bonds is 1. The summed E-state index contributed by atoms with van der Waals surface area (Å²) in [6, 6.07) is 2.45. The molecule has 16 heavy (non-hydrogen) atoms. The van der Waals surface area contributed by atoms with Crippen LogP contribution in [-0.2, 0) is 5.41 Å². The minimum atomic E-state index is 0.128. The summed E-state index contributed by atoms with van der Waals surface area (Å²) in [5.74, 6) is 1.04. The van der Waals surface area contributed by atoms with Gasteiger partial charge in [-0.1, -0.05) is 20.8 Å². The van der Waals surface area contributed by atoms with E-state index in [9.17, 15) is 0 Å². The van der Waals surface area contributed by atoms with Crippen LogP contribution >= 0.6 is 0 Å². The fourth-order valence-corrected chi connectivity index (χ4v) is 2.08. The normalized spacial score (nSPS) is 22.5. The molecule has 1 aliphatic heterocycles. The molecule has 2 heterocycles. The molecule has 1 aliphatic rings. The average Bonchev–Trinajstić information content (AvgIpc) is 2.65. The lowest BCUT2D eigenvalue weighted by molar-refractivity contribution is 0.503. The van der Waals surface area contributed by atoms with Gasteiger partial charge in [0, 0.05) is 36.3 Å². The third-order valence-corrected chi connectivity index (χ3v) is 3.15. The Hall–Kier alpha value is -1.03. The number of nitrogens with zero attached hydrogens (tertiary/aromatic N) is 2. The van der Waals surface area contributed by atoms with E-state index >= 15 is 0 Å². The minimum absolute atomic E-state index is 0.128. The monoisotopic (exact) mass is 222 g/mol. The van der Waals surface area contributed by atoms with Crippen LogP contribution in [0.25, 0.3) is 0 Å². The van der Waals surface area contributed by atoms with Crippen LogP contribution in [0.4, 0.5) is 5.82 Å².